The molecule has 1 radical (unpaired) electrons. The van der Waals surface area contributed by atoms with E-state index in [-0.39, 0.29) is 5.57 Å². The van der Waals surface area contributed by atoms with Gasteiger partial charge >= 0.3 is 14.8 Å². The number of carbonyl (C=O) groups excluding carboxylic acids is 1. The van der Waals surface area contributed by atoms with Gasteiger partial charge in [-0.05, 0) is 8.39 Å². The van der Waals surface area contributed by atoms with E-state index in [9.17, 15) is 13.2 Å². The van der Waals surface area contributed by atoms with Gasteiger partial charge in [-0.2, -0.15) is 0 Å². The van der Waals surface area contributed by atoms with Crippen molar-refractivity contribution < 1.29 is 13.2 Å². The summed E-state index contributed by atoms with van der Waals surface area (Å²) < 4.78 is 24.4. The summed E-state index contributed by atoms with van der Waals surface area (Å²) in [6.07, 6.45) is -0.397. The molecule has 0 unspecified atom stereocenters. The molecule has 0 N–H and O–H groups in total. The standard InChI is InChI=1S/C4H4BF2OP/c1-3-2-9(6,7)5-4(3)8/h1-2H2/q+1. The molecule has 1 aliphatic rings. The van der Waals surface area contributed by atoms with Gasteiger partial charge in [-0.1, -0.05) is 6.58 Å². The van der Waals surface area contributed by atoms with E-state index in [4.69, 9.17) is 0 Å². The van der Waals surface area contributed by atoms with Crippen LogP contribution in [0.4, 0.5) is 8.39 Å². The first-order valence-electron chi connectivity index (χ1n) is 2.36. The minimum Gasteiger partial charge on any atom is -0.301 e. The van der Waals surface area contributed by atoms with E-state index in [0.29, 0.717) is 7.00 Å². The zero-order chi connectivity index (χ0) is 7.07. The Morgan fingerprint density at radius 1 is 1.67 bits per heavy atom. The smallest absolute Gasteiger partial charge is 0.301 e. The molecule has 1 heterocycles. The maximum Gasteiger partial charge on any atom is 0.527 e. The van der Waals surface area contributed by atoms with Crippen molar-refractivity contribution in [3.05, 3.63) is 12.2 Å². The molecule has 1 aliphatic heterocycles. The number of hydrogen-bond acceptors (Lipinski definition) is 1. The summed E-state index contributed by atoms with van der Waals surface area (Å²) in [6, 6.07) is 0. The van der Waals surface area contributed by atoms with E-state index >= 15 is 0 Å². The van der Waals surface area contributed by atoms with Crippen molar-refractivity contribution in [2.45, 2.75) is 0 Å². The first kappa shape index (κ1) is 6.88. The summed E-state index contributed by atoms with van der Waals surface area (Å²) in [5.74, 6) is 0. The number of hydrogen-bond donors (Lipinski definition) is 0. The Hall–Kier alpha value is -0.235. The molecule has 5 heteroatoms. The molecule has 9 heavy (non-hydrogen) atoms. The van der Waals surface area contributed by atoms with Crippen molar-refractivity contribution in [2.75, 3.05) is 6.16 Å². The highest BCUT2D eigenvalue weighted by Crippen LogP contribution is 2.65. The summed E-state index contributed by atoms with van der Waals surface area (Å²) in [4.78, 5) is 10.4. The average molecular weight is 148 g/mol. The van der Waals surface area contributed by atoms with Crippen LogP contribution in [0.1, 0.15) is 0 Å². The predicted octanol–water partition coefficient (Wildman–Crippen LogP) is 1.49. The number of halogens is 2. The third-order valence-corrected chi connectivity index (χ3v) is 2.47. The Morgan fingerprint density at radius 3 is 2.33 bits per heavy atom. The van der Waals surface area contributed by atoms with Crippen LogP contribution in [0.15, 0.2) is 12.2 Å². The molecular formula is C4H4BF2OP+. The van der Waals surface area contributed by atoms with Crippen LogP contribution in [0.2, 0.25) is 0 Å². The lowest BCUT2D eigenvalue weighted by atomic mass is 9.96. The Morgan fingerprint density at radius 2 is 2.22 bits per heavy atom. The lowest BCUT2D eigenvalue weighted by Crippen LogP contribution is -1.99. The molecular weight excluding hydrogens is 144 g/mol. The zero-order valence-corrected chi connectivity index (χ0v) is 5.50. The van der Waals surface area contributed by atoms with Gasteiger partial charge in [0.05, 0.1) is 0 Å². The first-order valence-corrected chi connectivity index (χ1v) is 4.19. The van der Waals surface area contributed by atoms with Gasteiger partial charge in [0.1, 0.15) is 6.16 Å². The summed E-state index contributed by atoms with van der Waals surface area (Å²) in [5.41, 5.74) is -0.526. The predicted molar refractivity (Wildman–Crippen MR) is 33.9 cm³/mol. The van der Waals surface area contributed by atoms with Gasteiger partial charge in [0.15, 0.2) is 5.68 Å². The zero-order valence-electron chi connectivity index (χ0n) is 4.60. The van der Waals surface area contributed by atoms with E-state index < -0.39 is 19.6 Å². The fraction of sp³-hybridized carbons (Fsp3) is 0.250. The number of carbonyl (C=O) groups is 1. The van der Waals surface area contributed by atoms with Crippen LogP contribution in [0, 0.1) is 0 Å². The molecule has 0 aromatic carbocycles. The third-order valence-electron chi connectivity index (χ3n) is 1.06. The fourth-order valence-corrected chi connectivity index (χ4v) is 1.92. The highest BCUT2D eigenvalue weighted by atomic mass is 31.2. The van der Waals surface area contributed by atoms with Crippen molar-refractivity contribution >= 4 is 20.4 Å². The maximum absolute atomic E-state index is 12.2. The lowest BCUT2D eigenvalue weighted by molar-refractivity contribution is -0.108. The summed E-state index contributed by atoms with van der Waals surface area (Å²) in [7, 11) is -3.98. The van der Waals surface area contributed by atoms with E-state index in [1.807, 2.05) is 0 Å². The van der Waals surface area contributed by atoms with Crippen LogP contribution < -0.4 is 0 Å². The number of rotatable bonds is 0. The molecule has 1 rings (SSSR count). The molecule has 0 bridgehead atoms. The van der Waals surface area contributed by atoms with Gasteiger partial charge in [-0.25, -0.2) is 0 Å². The lowest BCUT2D eigenvalue weighted by Gasteiger charge is -1.88. The number of allylic oxidation sites excluding steroid dienone is 1. The van der Waals surface area contributed by atoms with Crippen LogP contribution in [0.5, 0.6) is 0 Å². The average Bonchev–Trinajstić information content (AvgIpc) is 1.79. The van der Waals surface area contributed by atoms with E-state index in [1.165, 1.54) is 0 Å². The second-order valence-electron chi connectivity index (χ2n) is 1.94. The second-order valence-corrected chi connectivity index (χ2v) is 3.87. The molecule has 0 amide bonds. The van der Waals surface area contributed by atoms with E-state index in [1.54, 1.807) is 0 Å². The fourth-order valence-electron chi connectivity index (χ4n) is 0.641. The van der Waals surface area contributed by atoms with Gasteiger partial charge in [0.25, 0.3) is 0 Å². The van der Waals surface area contributed by atoms with Gasteiger partial charge in [0, 0.05) is 5.57 Å². The van der Waals surface area contributed by atoms with Crippen molar-refractivity contribution in [1.29, 1.82) is 0 Å². The Balaban J connectivity index is 2.76. The van der Waals surface area contributed by atoms with Crippen LogP contribution >= 0.6 is 7.76 Å². The summed E-state index contributed by atoms with van der Waals surface area (Å²) in [5, 5.41) is 0. The van der Waals surface area contributed by atoms with Crippen molar-refractivity contribution in [3.8, 4) is 0 Å². The minimum absolute atomic E-state index is 0.0494. The molecule has 47 valence electrons. The molecule has 0 saturated carbocycles. The van der Waals surface area contributed by atoms with Gasteiger partial charge < -0.3 is 4.79 Å². The van der Waals surface area contributed by atoms with Gasteiger partial charge in [-0.3, -0.25) is 0 Å². The van der Waals surface area contributed by atoms with Crippen LogP contribution in [0.3, 0.4) is 0 Å². The SMILES string of the molecule is C=C1C[P+](F)(F)[B]C1=O. The largest absolute Gasteiger partial charge is 0.527 e. The molecule has 1 fully saturated rings. The van der Waals surface area contributed by atoms with Crippen molar-refractivity contribution in [3.63, 3.8) is 0 Å². The molecule has 0 aliphatic carbocycles. The Kier molecular flexibility index (Phi) is 1.43. The van der Waals surface area contributed by atoms with Crippen LogP contribution in [0.25, 0.3) is 0 Å². The monoisotopic (exact) mass is 148 g/mol. The Bertz CT molecular complexity index is 161. The molecule has 0 aromatic rings. The van der Waals surface area contributed by atoms with E-state index in [0.717, 1.165) is 0 Å². The minimum atomic E-state index is -3.98. The molecule has 1 saturated heterocycles. The van der Waals surface area contributed by atoms with Crippen molar-refractivity contribution in [2.24, 2.45) is 0 Å². The molecule has 0 spiro atoms. The second kappa shape index (κ2) is 1.88. The topological polar surface area (TPSA) is 17.1 Å². The van der Waals surface area contributed by atoms with Gasteiger partial charge in [-0.15, -0.1) is 0 Å². The summed E-state index contributed by atoms with van der Waals surface area (Å²) >= 11 is 0. The molecule has 0 aromatic heterocycles. The maximum atomic E-state index is 12.2. The highest BCUT2D eigenvalue weighted by molar-refractivity contribution is 7.97. The summed E-state index contributed by atoms with van der Waals surface area (Å²) in [6.45, 7) is 3.72. The normalized spacial score (nSPS) is 24.2. The third kappa shape index (κ3) is 1.36. The molecule has 0 atom stereocenters. The highest BCUT2D eigenvalue weighted by Gasteiger charge is 2.55. The Labute approximate surface area is 52.9 Å². The van der Waals surface area contributed by atoms with Crippen LogP contribution in [-0.4, -0.2) is 18.8 Å². The first-order chi connectivity index (χ1) is 4.01. The van der Waals surface area contributed by atoms with Crippen LogP contribution in [-0.2, 0) is 4.79 Å². The van der Waals surface area contributed by atoms with E-state index in [2.05, 4.69) is 6.58 Å². The van der Waals surface area contributed by atoms with Gasteiger partial charge in [0.2, 0.25) is 0 Å². The molecule has 1 nitrogen and oxygen atoms in total. The van der Waals surface area contributed by atoms with Crippen molar-refractivity contribution in [1.82, 2.24) is 0 Å². The quantitative estimate of drug-likeness (QED) is 0.289.